The maximum atomic E-state index is 14.1. The van der Waals surface area contributed by atoms with E-state index >= 15 is 0 Å². The molecule has 0 aliphatic carbocycles. The Balaban J connectivity index is 1.46. The third kappa shape index (κ3) is 5.20. The number of benzene rings is 2. The molecule has 2 amide bonds. The molecular weight excluding hydrogens is 515 g/mol. The second-order valence-electron chi connectivity index (χ2n) is 10.9. The minimum atomic E-state index is -4.74. The number of rotatable bonds is 5. The zero-order valence-corrected chi connectivity index (χ0v) is 21.9. The van der Waals surface area contributed by atoms with Gasteiger partial charge in [0.05, 0.1) is 25.3 Å². The van der Waals surface area contributed by atoms with E-state index in [0.29, 0.717) is 25.3 Å². The van der Waals surface area contributed by atoms with Crippen LogP contribution < -0.4 is 10.2 Å². The Hall–Kier alpha value is -3.93. The van der Waals surface area contributed by atoms with Crippen molar-refractivity contribution in [3.8, 4) is 0 Å². The van der Waals surface area contributed by atoms with Crippen LogP contribution in [-0.4, -0.2) is 45.6 Å². The molecule has 0 saturated carbocycles. The standard InChI is InChI=1S/C27H28F3N5O4/c1-25(2,3)39-24(37)32-17-9-19-20(21(10-17)27(28,29)30)12-35(23(19)36)18-7-5-6-16(8-18)26(13-38-14-26)11-22-33-31-15-34(22)4/h5-10,15H,11-14H2,1-4H3,(H,32,37). The number of hydrogen-bond donors (Lipinski definition) is 1. The first-order valence-electron chi connectivity index (χ1n) is 12.3. The SMILES string of the molecule is Cn1cnnc1CC1(c2cccc(N3Cc4c(cc(NC(=O)OC(C)(C)C)cc4C(F)(F)F)C3=O)c2)COC1. The number of anilines is 2. The van der Waals surface area contributed by atoms with Crippen LogP contribution in [0, 0.1) is 0 Å². The number of aryl methyl sites for hydroxylation is 1. The molecule has 2 aromatic carbocycles. The molecule has 3 aromatic rings. The molecule has 1 saturated heterocycles. The van der Waals surface area contributed by atoms with E-state index in [4.69, 9.17) is 9.47 Å². The van der Waals surface area contributed by atoms with Gasteiger partial charge in [0.15, 0.2) is 0 Å². The number of alkyl halides is 3. The van der Waals surface area contributed by atoms with E-state index in [2.05, 4.69) is 15.5 Å². The van der Waals surface area contributed by atoms with E-state index in [-0.39, 0.29) is 23.4 Å². The zero-order valence-electron chi connectivity index (χ0n) is 21.9. The topological polar surface area (TPSA) is 98.6 Å². The molecule has 9 nitrogen and oxygen atoms in total. The fourth-order valence-corrected chi connectivity index (χ4v) is 4.86. The Bertz CT molecular complexity index is 1440. The highest BCUT2D eigenvalue weighted by molar-refractivity contribution is 6.11. The molecule has 1 N–H and O–H groups in total. The van der Waals surface area contributed by atoms with Crippen molar-refractivity contribution in [1.29, 1.82) is 0 Å². The third-order valence-corrected chi connectivity index (χ3v) is 6.82. The summed E-state index contributed by atoms with van der Waals surface area (Å²) in [6, 6.07) is 9.29. The van der Waals surface area contributed by atoms with Gasteiger partial charge in [0.2, 0.25) is 0 Å². The summed E-state index contributed by atoms with van der Waals surface area (Å²) in [5, 5.41) is 10.4. The molecule has 1 aromatic heterocycles. The summed E-state index contributed by atoms with van der Waals surface area (Å²) < 4.78 is 54.8. The van der Waals surface area contributed by atoms with Crippen molar-refractivity contribution in [3.05, 3.63) is 70.8 Å². The van der Waals surface area contributed by atoms with Crippen LogP contribution in [0.4, 0.5) is 29.3 Å². The summed E-state index contributed by atoms with van der Waals surface area (Å²) in [5.41, 5.74) is -1.31. The lowest BCUT2D eigenvalue weighted by molar-refractivity contribution is -0.138. The van der Waals surface area contributed by atoms with Gasteiger partial charge in [-0.3, -0.25) is 10.1 Å². The Labute approximate surface area is 222 Å². The molecule has 2 aliphatic heterocycles. The van der Waals surface area contributed by atoms with Crippen LogP contribution in [0.2, 0.25) is 0 Å². The molecule has 3 heterocycles. The van der Waals surface area contributed by atoms with Crippen LogP contribution >= 0.6 is 0 Å². The number of amides is 2. The minimum Gasteiger partial charge on any atom is -0.444 e. The van der Waals surface area contributed by atoms with Gasteiger partial charge < -0.3 is 18.9 Å². The van der Waals surface area contributed by atoms with Crippen molar-refractivity contribution < 1.29 is 32.2 Å². The number of fused-ring (bicyclic) bond motifs is 1. The van der Waals surface area contributed by atoms with E-state index in [1.54, 1.807) is 39.2 Å². The third-order valence-electron chi connectivity index (χ3n) is 6.82. The Kier molecular flexibility index (Phi) is 6.41. The molecule has 206 valence electrons. The number of nitrogens with zero attached hydrogens (tertiary/aromatic N) is 4. The molecule has 2 aliphatic rings. The quantitative estimate of drug-likeness (QED) is 0.494. The van der Waals surface area contributed by atoms with Crippen molar-refractivity contribution in [2.45, 2.75) is 50.9 Å². The predicted octanol–water partition coefficient (Wildman–Crippen LogP) is 4.85. The zero-order chi connectivity index (χ0) is 28.2. The fourth-order valence-electron chi connectivity index (χ4n) is 4.86. The summed E-state index contributed by atoms with van der Waals surface area (Å²) >= 11 is 0. The lowest BCUT2D eigenvalue weighted by Gasteiger charge is -2.42. The summed E-state index contributed by atoms with van der Waals surface area (Å²) in [4.78, 5) is 27.0. The normalized spacial score (nSPS) is 16.6. The number of nitrogens with one attached hydrogen (secondary N) is 1. The van der Waals surface area contributed by atoms with E-state index in [9.17, 15) is 22.8 Å². The van der Waals surface area contributed by atoms with Gasteiger partial charge in [0.1, 0.15) is 17.8 Å². The average molecular weight is 544 g/mol. The largest absolute Gasteiger partial charge is 0.444 e. The number of carbonyl (C=O) groups excluding carboxylic acids is 2. The fraction of sp³-hybridized carbons (Fsp3) is 0.407. The number of hydrogen-bond acceptors (Lipinski definition) is 6. The van der Waals surface area contributed by atoms with Gasteiger partial charge in [-0.2, -0.15) is 13.2 Å². The van der Waals surface area contributed by atoms with Crippen molar-refractivity contribution in [2.24, 2.45) is 7.05 Å². The predicted molar refractivity (Wildman–Crippen MR) is 135 cm³/mol. The van der Waals surface area contributed by atoms with Crippen molar-refractivity contribution in [2.75, 3.05) is 23.4 Å². The van der Waals surface area contributed by atoms with Gasteiger partial charge in [0.25, 0.3) is 5.91 Å². The van der Waals surface area contributed by atoms with Gasteiger partial charge in [0, 0.05) is 35.8 Å². The molecule has 5 rings (SSSR count). The Morgan fingerprint density at radius 1 is 1.18 bits per heavy atom. The van der Waals surface area contributed by atoms with Crippen molar-refractivity contribution in [1.82, 2.24) is 14.8 Å². The smallest absolute Gasteiger partial charge is 0.416 e. The second-order valence-corrected chi connectivity index (χ2v) is 10.9. The minimum absolute atomic E-state index is 0.123. The summed E-state index contributed by atoms with van der Waals surface area (Å²) in [5.74, 6) is 0.181. The van der Waals surface area contributed by atoms with Crippen LogP contribution in [0.1, 0.15) is 53.6 Å². The first-order valence-corrected chi connectivity index (χ1v) is 12.3. The van der Waals surface area contributed by atoms with E-state index in [1.165, 1.54) is 11.0 Å². The van der Waals surface area contributed by atoms with Crippen molar-refractivity contribution >= 4 is 23.4 Å². The molecule has 39 heavy (non-hydrogen) atoms. The molecule has 0 spiro atoms. The van der Waals surface area contributed by atoms with Gasteiger partial charge >= 0.3 is 12.3 Å². The van der Waals surface area contributed by atoms with Crippen LogP contribution in [-0.2, 0) is 41.1 Å². The first kappa shape index (κ1) is 26.7. The maximum Gasteiger partial charge on any atom is 0.416 e. The first-order chi connectivity index (χ1) is 18.3. The van der Waals surface area contributed by atoms with Crippen molar-refractivity contribution in [3.63, 3.8) is 0 Å². The van der Waals surface area contributed by atoms with Gasteiger partial charge in [-0.1, -0.05) is 12.1 Å². The molecule has 0 radical (unpaired) electrons. The molecule has 1 fully saturated rings. The molecule has 0 atom stereocenters. The number of ether oxygens (including phenoxy) is 2. The van der Waals surface area contributed by atoms with Gasteiger partial charge in [-0.05, 0) is 56.2 Å². The van der Waals surface area contributed by atoms with E-state index in [0.717, 1.165) is 17.5 Å². The van der Waals surface area contributed by atoms with Gasteiger partial charge in [-0.15, -0.1) is 10.2 Å². The highest BCUT2D eigenvalue weighted by Gasteiger charge is 2.43. The number of carbonyl (C=O) groups is 2. The van der Waals surface area contributed by atoms with Gasteiger partial charge in [-0.25, -0.2) is 4.79 Å². The highest BCUT2D eigenvalue weighted by atomic mass is 19.4. The number of aromatic nitrogens is 3. The van der Waals surface area contributed by atoms with E-state index in [1.807, 2.05) is 23.7 Å². The lowest BCUT2D eigenvalue weighted by atomic mass is 9.75. The molecule has 0 bridgehead atoms. The summed E-state index contributed by atoms with van der Waals surface area (Å²) in [6.07, 6.45) is -3.49. The summed E-state index contributed by atoms with van der Waals surface area (Å²) in [6.45, 7) is 5.54. The molecular formula is C27H28F3N5O4. The highest BCUT2D eigenvalue weighted by Crippen LogP contribution is 2.42. The van der Waals surface area contributed by atoms with Crippen LogP contribution in [0.3, 0.4) is 0 Å². The average Bonchev–Trinajstić information content (AvgIpc) is 3.36. The lowest BCUT2D eigenvalue weighted by Crippen LogP contribution is -2.49. The monoisotopic (exact) mass is 543 g/mol. The van der Waals surface area contributed by atoms with Crippen LogP contribution in [0.5, 0.6) is 0 Å². The van der Waals surface area contributed by atoms with E-state index < -0.39 is 34.8 Å². The summed E-state index contributed by atoms with van der Waals surface area (Å²) in [7, 11) is 1.85. The Morgan fingerprint density at radius 2 is 1.92 bits per heavy atom. The second kappa shape index (κ2) is 9.37. The molecule has 0 unspecified atom stereocenters. The number of halogens is 3. The molecule has 12 heteroatoms. The Morgan fingerprint density at radius 3 is 2.51 bits per heavy atom. The van der Waals surface area contributed by atoms with Crippen LogP contribution in [0.15, 0.2) is 42.7 Å². The maximum absolute atomic E-state index is 14.1. The van der Waals surface area contributed by atoms with Crippen LogP contribution in [0.25, 0.3) is 0 Å².